The van der Waals surface area contributed by atoms with Gasteiger partial charge < -0.3 is 15.5 Å². The molecule has 1 aromatic rings. The van der Waals surface area contributed by atoms with Crippen LogP contribution in [0.5, 0.6) is 0 Å². The molecule has 2 amide bonds. The van der Waals surface area contributed by atoms with Gasteiger partial charge in [-0.3, -0.25) is 9.59 Å². The summed E-state index contributed by atoms with van der Waals surface area (Å²) in [6.07, 6.45) is 1.79. The van der Waals surface area contributed by atoms with Crippen LogP contribution in [0.3, 0.4) is 0 Å². The predicted molar refractivity (Wildman–Crippen MR) is 93.6 cm³/mol. The fourth-order valence-corrected chi connectivity index (χ4v) is 2.68. The molecule has 1 unspecified atom stereocenters. The van der Waals surface area contributed by atoms with Crippen molar-refractivity contribution in [2.24, 2.45) is 5.73 Å². The zero-order valence-electron chi connectivity index (χ0n) is 13.9. The van der Waals surface area contributed by atoms with Crippen molar-refractivity contribution < 1.29 is 14.0 Å². The first-order chi connectivity index (χ1) is 11.0. The van der Waals surface area contributed by atoms with E-state index >= 15 is 0 Å². The van der Waals surface area contributed by atoms with Gasteiger partial charge in [0.1, 0.15) is 5.82 Å². The number of rotatable bonds is 4. The number of hydrogen-bond acceptors (Lipinski definition) is 3. The minimum absolute atomic E-state index is 0. The summed E-state index contributed by atoms with van der Waals surface area (Å²) in [5, 5.41) is 0. The molecular weight excluding hydrogens is 333 g/mol. The lowest BCUT2D eigenvalue weighted by atomic mass is 10.2. The van der Waals surface area contributed by atoms with Crippen LogP contribution < -0.4 is 5.73 Å². The van der Waals surface area contributed by atoms with E-state index in [1.54, 1.807) is 21.9 Å². The number of benzene rings is 1. The molecule has 7 heteroatoms. The second kappa shape index (κ2) is 9.59. The molecular formula is C17H25ClFN3O2. The molecule has 0 aromatic heterocycles. The summed E-state index contributed by atoms with van der Waals surface area (Å²) in [5.74, 6) is -0.748. The van der Waals surface area contributed by atoms with Crippen molar-refractivity contribution in [3.05, 3.63) is 35.6 Å². The van der Waals surface area contributed by atoms with E-state index in [1.807, 2.05) is 6.92 Å². The first kappa shape index (κ1) is 20.4. The summed E-state index contributed by atoms with van der Waals surface area (Å²) >= 11 is 0. The molecule has 0 aliphatic carbocycles. The summed E-state index contributed by atoms with van der Waals surface area (Å²) in [5.41, 5.74) is 5.77. The molecule has 1 aliphatic heterocycles. The number of amides is 2. The molecule has 1 saturated heterocycles. The Bertz CT molecular complexity index is 569. The largest absolute Gasteiger partial charge is 0.341 e. The normalized spacial score (nSPS) is 16.1. The summed E-state index contributed by atoms with van der Waals surface area (Å²) in [6.45, 7) is 3.95. The summed E-state index contributed by atoms with van der Waals surface area (Å²) in [6, 6.07) is 6.00. The molecule has 1 aromatic carbocycles. The van der Waals surface area contributed by atoms with Crippen molar-refractivity contribution in [2.45, 2.75) is 32.2 Å². The molecule has 1 atom stereocenters. The maximum Gasteiger partial charge on any atom is 0.256 e. The number of halogens is 2. The van der Waals surface area contributed by atoms with Crippen molar-refractivity contribution in [2.75, 3.05) is 26.2 Å². The fourth-order valence-electron chi connectivity index (χ4n) is 2.68. The maximum absolute atomic E-state index is 13.8. The lowest BCUT2D eigenvalue weighted by Gasteiger charge is -2.22. The molecule has 0 spiro atoms. The quantitative estimate of drug-likeness (QED) is 0.896. The Balaban J connectivity index is 0.00000288. The SMILES string of the molecule is CC(N)CCC(=O)N1CCCN(C(=O)c2ccccc2F)CC1.Cl. The number of carbonyl (C=O) groups is 2. The summed E-state index contributed by atoms with van der Waals surface area (Å²) in [7, 11) is 0. The van der Waals surface area contributed by atoms with E-state index in [9.17, 15) is 14.0 Å². The number of hydrogen-bond donors (Lipinski definition) is 1. The van der Waals surface area contributed by atoms with E-state index in [2.05, 4.69) is 0 Å². The Labute approximate surface area is 148 Å². The highest BCUT2D eigenvalue weighted by Gasteiger charge is 2.24. The van der Waals surface area contributed by atoms with Crippen molar-refractivity contribution in [1.29, 1.82) is 0 Å². The second-order valence-corrected chi connectivity index (χ2v) is 6.02. The van der Waals surface area contributed by atoms with Crippen LogP contribution in [0.25, 0.3) is 0 Å². The molecule has 1 fully saturated rings. The standard InChI is InChI=1S/C17H24FN3O2.ClH/c1-13(19)7-8-16(22)20-9-4-10-21(12-11-20)17(23)14-5-2-3-6-15(14)18;/h2-3,5-6,13H,4,7-12,19H2,1H3;1H. The molecule has 5 nitrogen and oxygen atoms in total. The highest BCUT2D eigenvalue weighted by Crippen LogP contribution is 2.13. The third-order valence-corrected chi connectivity index (χ3v) is 4.05. The van der Waals surface area contributed by atoms with Crippen LogP contribution in [0.15, 0.2) is 24.3 Å². The monoisotopic (exact) mass is 357 g/mol. The smallest absolute Gasteiger partial charge is 0.256 e. The van der Waals surface area contributed by atoms with Gasteiger partial charge in [0.2, 0.25) is 5.91 Å². The Morgan fingerprint density at radius 2 is 1.79 bits per heavy atom. The van der Waals surface area contributed by atoms with Gasteiger partial charge >= 0.3 is 0 Å². The third-order valence-electron chi connectivity index (χ3n) is 4.05. The van der Waals surface area contributed by atoms with Gasteiger partial charge in [-0.05, 0) is 31.9 Å². The van der Waals surface area contributed by atoms with E-state index < -0.39 is 5.82 Å². The van der Waals surface area contributed by atoms with Crippen molar-refractivity contribution >= 4 is 24.2 Å². The number of nitrogens with two attached hydrogens (primary N) is 1. The zero-order chi connectivity index (χ0) is 16.8. The van der Waals surface area contributed by atoms with E-state index in [4.69, 9.17) is 5.73 Å². The van der Waals surface area contributed by atoms with Crippen LogP contribution >= 0.6 is 12.4 Å². The lowest BCUT2D eigenvalue weighted by Crippen LogP contribution is -2.38. The van der Waals surface area contributed by atoms with Crippen LogP contribution in [0.1, 0.15) is 36.5 Å². The predicted octanol–water partition coefficient (Wildman–Crippen LogP) is 2.05. The van der Waals surface area contributed by atoms with Gasteiger partial charge in [-0.2, -0.15) is 0 Å². The van der Waals surface area contributed by atoms with Crippen LogP contribution in [-0.2, 0) is 4.79 Å². The minimum Gasteiger partial charge on any atom is -0.341 e. The molecule has 0 saturated carbocycles. The van der Waals surface area contributed by atoms with Crippen LogP contribution in [0.2, 0.25) is 0 Å². The first-order valence-corrected chi connectivity index (χ1v) is 8.06. The average molecular weight is 358 g/mol. The molecule has 1 heterocycles. The van der Waals surface area contributed by atoms with Gasteiger partial charge in [0.25, 0.3) is 5.91 Å². The lowest BCUT2D eigenvalue weighted by molar-refractivity contribution is -0.131. The minimum atomic E-state index is -0.508. The zero-order valence-corrected chi connectivity index (χ0v) is 14.7. The van der Waals surface area contributed by atoms with Gasteiger partial charge in [0.05, 0.1) is 5.56 Å². The molecule has 24 heavy (non-hydrogen) atoms. The maximum atomic E-state index is 13.8. The van der Waals surface area contributed by atoms with Crippen molar-refractivity contribution in [1.82, 2.24) is 9.80 Å². The van der Waals surface area contributed by atoms with Gasteiger partial charge in [-0.1, -0.05) is 12.1 Å². The Morgan fingerprint density at radius 3 is 2.46 bits per heavy atom. The topological polar surface area (TPSA) is 66.6 Å². The van der Waals surface area contributed by atoms with Gasteiger partial charge in [0, 0.05) is 38.6 Å². The number of carbonyl (C=O) groups excluding carboxylic acids is 2. The highest BCUT2D eigenvalue weighted by atomic mass is 35.5. The summed E-state index contributed by atoms with van der Waals surface area (Å²) < 4.78 is 13.8. The van der Waals surface area contributed by atoms with Crippen molar-refractivity contribution in [3.8, 4) is 0 Å². The molecule has 0 bridgehead atoms. The molecule has 0 radical (unpaired) electrons. The highest BCUT2D eigenvalue weighted by molar-refractivity contribution is 5.94. The van der Waals surface area contributed by atoms with Crippen LogP contribution in [0.4, 0.5) is 4.39 Å². The third kappa shape index (κ3) is 5.46. The van der Waals surface area contributed by atoms with Gasteiger partial charge in [-0.25, -0.2) is 4.39 Å². The van der Waals surface area contributed by atoms with E-state index in [0.29, 0.717) is 45.4 Å². The molecule has 134 valence electrons. The Morgan fingerprint density at radius 1 is 1.17 bits per heavy atom. The van der Waals surface area contributed by atoms with Crippen LogP contribution in [0, 0.1) is 5.82 Å². The molecule has 1 aliphatic rings. The van der Waals surface area contributed by atoms with Gasteiger partial charge in [0.15, 0.2) is 0 Å². The molecule has 2 N–H and O–H groups in total. The Hall–Kier alpha value is -1.66. The molecule has 2 rings (SSSR count). The summed E-state index contributed by atoms with van der Waals surface area (Å²) in [4.78, 5) is 28.0. The fraction of sp³-hybridized carbons (Fsp3) is 0.529. The second-order valence-electron chi connectivity index (χ2n) is 6.02. The Kier molecular flexibility index (Phi) is 8.15. The number of nitrogens with zero attached hydrogens (tertiary/aromatic N) is 2. The first-order valence-electron chi connectivity index (χ1n) is 8.06. The van der Waals surface area contributed by atoms with E-state index in [0.717, 1.165) is 0 Å². The van der Waals surface area contributed by atoms with Crippen LogP contribution in [-0.4, -0.2) is 53.8 Å². The van der Waals surface area contributed by atoms with Crippen molar-refractivity contribution in [3.63, 3.8) is 0 Å². The van der Waals surface area contributed by atoms with E-state index in [-0.39, 0.29) is 35.8 Å². The van der Waals surface area contributed by atoms with E-state index in [1.165, 1.54) is 12.1 Å². The van der Waals surface area contributed by atoms with Gasteiger partial charge in [-0.15, -0.1) is 12.4 Å². The average Bonchev–Trinajstić information content (AvgIpc) is 2.78.